The molecule has 0 aliphatic heterocycles. The summed E-state index contributed by atoms with van der Waals surface area (Å²) in [7, 11) is 2.07. The predicted molar refractivity (Wildman–Crippen MR) is 100 cm³/mol. The molecule has 0 heterocycles. The van der Waals surface area contributed by atoms with Crippen molar-refractivity contribution in [2.45, 2.75) is 6.92 Å². The number of benzene rings is 2. The third kappa shape index (κ3) is 5.20. The summed E-state index contributed by atoms with van der Waals surface area (Å²) in [5, 5.41) is 7.66. The maximum absolute atomic E-state index is 5.85. The lowest BCUT2D eigenvalue weighted by Crippen LogP contribution is -2.35. The zero-order valence-electron chi connectivity index (χ0n) is 12.8. The van der Waals surface area contributed by atoms with Gasteiger partial charge < -0.3 is 15.5 Å². The van der Waals surface area contributed by atoms with Gasteiger partial charge in [-0.3, -0.25) is 0 Å². The molecule has 3 nitrogen and oxygen atoms in total. The molecule has 2 aromatic rings. The van der Waals surface area contributed by atoms with Gasteiger partial charge in [0, 0.05) is 36.5 Å². The van der Waals surface area contributed by atoms with Crippen LogP contribution in [0.3, 0.4) is 0 Å². The summed E-state index contributed by atoms with van der Waals surface area (Å²) < 4.78 is 0. The summed E-state index contributed by atoms with van der Waals surface area (Å²) in [6.45, 7) is 3.72. The van der Waals surface area contributed by atoms with Gasteiger partial charge in [0.05, 0.1) is 0 Å². The topological polar surface area (TPSA) is 27.3 Å². The van der Waals surface area contributed by atoms with Crippen LogP contribution in [0.5, 0.6) is 0 Å². The molecule has 116 valence electrons. The highest BCUT2D eigenvalue weighted by Gasteiger charge is 2.01. The largest absolute Gasteiger partial charge is 0.373 e. The molecule has 0 amide bonds. The van der Waals surface area contributed by atoms with Crippen molar-refractivity contribution >= 4 is 40.3 Å². The molecule has 2 aromatic carbocycles. The molecular weight excluding hydrogens is 314 g/mol. The minimum atomic E-state index is 0.611. The van der Waals surface area contributed by atoms with Crippen LogP contribution in [-0.4, -0.2) is 25.2 Å². The Morgan fingerprint density at radius 3 is 2.36 bits per heavy atom. The van der Waals surface area contributed by atoms with E-state index in [0.717, 1.165) is 18.8 Å². The fourth-order valence-corrected chi connectivity index (χ4v) is 2.32. The van der Waals surface area contributed by atoms with Crippen LogP contribution >= 0.6 is 23.8 Å². The van der Waals surface area contributed by atoms with Gasteiger partial charge in [-0.1, -0.05) is 29.3 Å². The van der Waals surface area contributed by atoms with E-state index < -0.39 is 0 Å². The predicted octanol–water partition coefficient (Wildman–Crippen LogP) is 4.07. The van der Waals surface area contributed by atoms with Crippen LogP contribution in [0.4, 0.5) is 11.4 Å². The lowest BCUT2D eigenvalue weighted by molar-refractivity contribution is 0.827. The fraction of sp³-hybridized carbons (Fsp3) is 0.235. The van der Waals surface area contributed by atoms with Gasteiger partial charge in [0.15, 0.2) is 5.11 Å². The van der Waals surface area contributed by atoms with Crippen molar-refractivity contribution in [1.29, 1.82) is 0 Å². The zero-order valence-corrected chi connectivity index (χ0v) is 14.3. The fourth-order valence-electron chi connectivity index (χ4n) is 1.97. The summed E-state index contributed by atoms with van der Waals surface area (Å²) in [5.74, 6) is 0. The molecular formula is C17H20ClN3S. The summed E-state index contributed by atoms with van der Waals surface area (Å²) in [5.41, 5.74) is 3.39. The molecule has 5 heteroatoms. The summed E-state index contributed by atoms with van der Waals surface area (Å²) in [6, 6.07) is 15.9. The van der Waals surface area contributed by atoms with E-state index in [9.17, 15) is 0 Å². The monoisotopic (exact) mass is 333 g/mol. The third-order valence-electron chi connectivity index (χ3n) is 3.31. The third-order valence-corrected chi connectivity index (χ3v) is 3.81. The SMILES string of the molecule is Cc1ccc(N(C)CCNC(=S)Nc2ccc(Cl)cc2)cc1. The number of nitrogens with one attached hydrogen (secondary N) is 2. The van der Waals surface area contributed by atoms with E-state index in [-0.39, 0.29) is 0 Å². The van der Waals surface area contributed by atoms with Gasteiger partial charge in [0.2, 0.25) is 0 Å². The second-order valence-corrected chi connectivity index (χ2v) is 5.99. The highest BCUT2D eigenvalue weighted by atomic mass is 35.5. The molecule has 0 saturated heterocycles. The maximum Gasteiger partial charge on any atom is 0.170 e. The lowest BCUT2D eigenvalue weighted by atomic mass is 10.2. The van der Waals surface area contributed by atoms with E-state index in [1.807, 2.05) is 24.3 Å². The first-order valence-corrected chi connectivity index (χ1v) is 7.91. The van der Waals surface area contributed by atoms with Gasteiger partial charge in [-0.2, -0.15) is 0 Å². The van der Waals surface area contributed by atoms with Gasteiger partial charge in [0.1, 0.15) is 0 Å². The van der Waals surface area contributed by atoms with Gasteiger partial charge in [-0.05, 0) is 55.5 Å². The minimum absolute atomic E-state index is 0.611. The van der Waals surface area contributed by atoms with Crippen LogP contribution < -0.4 is 15.5 Å². The number of anilines is 2. The molecule has 0 bridgehead atoms. The number of halogens is 1. The number of rotatable bonds is 5. The first-order valence-electron chi connectivity index (χ1n) is 7.13. The Balaban J connectivity index is 1.74. The molecule has 0 radical (unpaired) electrons. The molecule has 22 heavy (non-hydrogen) atoms. The van der Waals surface area contributed by atoms with Crippen LogP contribution in [0.2, 0.25) is 5.02 Å². The van der Waals surface area contributed by atoms with E-state index in [1.54, 1.807) is 0 Å². The Labute approximate surface area is 142 Å². The van der Waals surface area contributed by atoms with Crippen molar-refractivity contribution in [1.82, 2.24) is 5.32 Å². The second kappa shape index (κ2) is 8.01. The van der Waals surface area contributed by atoms with Crippen molar-refractivity contribution in [3.63, 3.8) is 0 Å². The Bertz CT molecular complexity index is 611. The number of nitrogens with zero attached hydrogens (tertiary/aromatic N) is 1. The van der Waals surface area contributed by atoms with Crippen LogP contribution in [0, 0.1) is 6.92 Å². The standard InChI is InChI=1S/C17H20ClN3S/c1-13-3-9-16(10-4-13)21(2)12-11-19-17(22)20-15-7-5-14(18)6-8-15/h3-10H,11-12H2,1-2H3,(H2,19,20,22). The van der Waals surface area contributed by atoms with Crippen LogP contribution in [0.1, 0.15) is 5.56 Å². The highest BCUT2D eigenvalue weighted by molar-refractivity contribution is 7.80. The van der Waals surface area contributed by atoms with E-state index in [0.29, 0.717) is 10.1 Å². The molecule has 0 fully saturated rings. The Hall–Kier alpha value is -1.78. The summed E-state index contributed by atoms with van der Waals surface area (Å²) in [6.07, 6.45) is 0. The molecule has 0 aliphatic rings. The summed E-state index contributed by atoms with van der Waals surface area (Å²) >= 11 is 11.1. The Kier molecular flexibility index (Phi) is 6.04. The average Bonchev–Trinajstić information content (AvgIpc) is 2.50. The van der Waals surface area contributed by atoms with E-state index >= 15 is 0 Å². The Morgan fingerprint density at radius 1 is 1.09 bits per heavy atom. The van der Waals surface area contributed by atoms with Crippen molar-refractivity contribution in [2.75, 3.05) is 30.4 Å². The van der Waals surface area contributed by atoms with Gasteiger partial charge in [-0.25, -0.2) is 0 Å². The molecule has 0 aromatic heterocycles. The smallest absolute Gasteiger partial charge is 0.170 e. The molecule has 0 saturated carbocycles. The first-order chi connectivity index (χ1) is 10.5. The van der Waals surface area contributed by atoms with E-state index in [4.69, 9.17) is 23.8 Å². The van der Waals surface area contributed by atoms with Crippen molar-refractivity contribution in [3.05, 3.63) is 59.1 Å². The van der Waals surface area contributed by atoms with Crippen LogP contribution in [0.25, 0.3) is 0 Å². The molecule has 0 unspecified atom stereocenters. The maximum atomic E-state index is 5.85. The molecule has 2 rings (SSSR count). The number of aryl methyl sites for hydroxylation is 1. The molecule has 0 spiro atoms. The summed E-state index contributed by atoms with van der Waals surface area (Å²) in [4.78, 5) is 2.19. The minimum Gasteiger partial charge on any atom is -0.373 e. The first kappa shape index (κ1) is 16.6. The Morgan fingerprint density at radius 2 is 1.73 bits per heavy atom. The highest BCUT2D eigenvalue weighted by Crippen LogP contribution is 2.14. The average molecular weight is 334 g/mol. The number of hydrogen-bond acceptors (Lipinski definition) is 2. The van der Waals surface area contributed by atoms with Gasteiger partial charge in [-0.15, -0.1) is 0 Å². The van der Waals surface area contributed by atoms with Gasteiger partial charge >= 0.3 is 0 Å². The van der Waals surface area contributed by atoms with Crippen LogP contribution in [0.15, 0.2) is 48.5 Å². The number of likely N-dealkylation sites (N-methyl/N-ethyl adjacent to an activating group) is 1. The number of thiocarbonyl (C=S) groups is 1. The number of hydrogen-bond donors (Lipinski definition) is 2. The normalized spacial score (nSPS) is 10.1. The van der Waals surface area contributed by atoms with Crippen molar-refractivity contribution in [3.8, 4) is 0 Å². The van der Waals surface area contributed by atoms with E-state index in [1.165, 1.54) is 11.3 Å². The van der Waals surface area contributed by atoms with Crippen molar-refractivity contribution < 1.29 is 0 Å². The second-order valence-electron chi connectivity index (χ2n) is 5.14. The van der Waals surface area contributed by atoms with Gasteiger partial charge in [0.25, 0.3) is 0 Å². The zero-order chi connectivity index (χ0) is 15.9. The quantitative estimate of drug-likeness (QED) is 0.806. The van der Waals surface area contributed by atoms with E-state index in [2.05, 4.69) is 53.8 Å². The molecule has 0 atom stereocenters. The lowest BCUT2D eigenvalue weighted by Gasteiger charge is -2.20. The molecule has 2 N–H and O–H groups in total. The van der Waals surface area contributed by atoms with Crippen molar-refractivity contribution in [2.24, 2.45) is 0 Å². The van der Waals surface area contributed by atoms with Crippen LogP contribution in [-0.2, 0) is 0 Å². The molecule has 0 aliphatic carbocycles.